The van der Waals surface area contributed by atoms with Crippen molar-refractivity contribution in [3.8, 4) is 0 Å². The standard InChI is InChI=1S/C23H21FN4O2/c1-14-12-15(9-11-19(14)25-2)27-20-6-4-5-7-21(20)28(23(27)30)16-8-10-17(18(24)13-16)22(29)26-3/h4-5,8-13,20-21H,6-7H2,1,3H3,(H,26,29)/t20-,21-/m0/s1. The summed E-state index contributed by atoms with van der Waals surface area (Å²) in [5, 5.41) is 2.41. The SMILES string of the molecule is [C-]#[N+]c1ccc(N2C(=O)N(c3ccc(C(=O)NC)c(F)c3)[C@H]3CC=CC[C@@H]32)cc1C. The van der Waals surface area contributed by atoms with E-state index in [0.29, 0.717) is 24.2 Å². The average Bonchev–Trinajstić information content (AvgIpc) is 3.04. The van der Waals surface area contributed by atoms with Crippen LogP contribution in [-0.4, -0.2) is 31.1 Å². The molecular weight excluding hydrogens is 383 g/mol. The first-order valence-corrected chi connectivity index (χ1v) is 9.73. The van der Waals surface area contributed by atoms with Crippen LogP contribution in [0.5, 0.6) is 0 Å². The Morgan fingerprint density at radius 3 is 2.23 bits per heavy atom. The number of urea groups is 1. The topological polar surface area (TPSA) is 57.0 Å². The Bertz CT molecular complexity index is 1100. The molecule has 1 saturated heterocycles. The second kappa shape index (κ2) is 7.64. The van der Waals surface area contributed by atoms with Crippen molar-refractivity contribution in [2.24, 2.45) is 0 Å². The van der Waals surface area contributed by atoms with Crippen LogP contribution in [0.1, 0.15) is 28.8 Å². The van der Waals surface area contributed by atoms with Crippen molar-refractivity contribution in [1.29, 1.82) is 0 Å². The highest BCUT2D eigenvalue weighted by Crippen LogP contribution is 2.39. The van der Waals surface area contributed by atoms with Gasteiger partial charge in [-0.3, -0.25) is 14.6 Å². The van der Waals surface area contributed by atoms with Gasteiger partial charge in [-0.25, -0.2) is 14.0 Å². The number of hydrogen-bond donors (Lipinski definition) is 1. The van der Waals surface area contributed by atoms with Crippen LogP contribution in [0.3, 0.4) is 0 Å². The molecule has 4 rings (SSSR count). The van der Waals surface area contributed by atoms with Crippen LogP contribution in [0.15, 0.2) is 48.6 Å². The van der Waals surface area contributed by atoms with E-state index >= 15 is 0 Å². The van der Waals surface area contributed by atoms with Gasteiger partial charge in [-0.05, 0) is 55.7 Å². The maximum absolute atomic E-state index is 14.6. The zero-order valence-electron chi connectivity index (χ0n) is 16.7. The Labute approximate surface area is 174 Å². The number of rotatable bonds is 3. The number of anilines is 2. The minimum absolute atomic E-state index is 0.0600. The van der Waals surface area contributed by atoms with E-state index in [4.69, 9.17) is 6.57 Å². The number of aryl methyl sites for hydroxylation is 1. The molecule has 1 aliphatic heterocycles. The molecule has 1 heterocycles. The number of amides is 3. The Kier molecular flexibility index (Phi) is 5.00. The third-order valence-corrected chi connectivity index (χ3v) is 5.72. The summed E-state index contributed by atoms with van der Waals surface area (Å²) < 4.78 is 14.6. The molecule has 7 heteroatoms. The number of fused-ring (bicyclic) bond motifs is 1. The summed E-state index contributed by atoms with van der Waals surface area (Å²) in [7, 11) is 1.44. The van der Waals surface area contributed by atoms with Crippen LogP contribution in [0.2, 0.25) is 0 Å². The van der Waals surface area contributed by atoms with Gasteiger partial charge in [-0.15, -0.1) is 0 Å². The fourth-order valence-corrected chi connectivity index (χ4v) is 4.23. The van der Waals surface area contributed by atoms with Crippen molar-refractivity contribution >= 4 is 29.0 Å². The minimum atomic E-state index is -0.668. The van der Waals surface area contributed by atoms with E-state index in [2.05, 4.69) is 16.2 Å². The number of hydrogen-bond acceptors (Lipinski definition) is 2. The van der Waals surface area contributed by atoms with Crippen molar-refractivity contribution < 1.29 is 14.0 Å². The van der Waals surface area contributed by atoms with Gasteiger partial charge >= 0.3 is 6.03 Å². The van der Waals surface area contributed by atoms with Crippen LogP contribution >= 0.6 is 0 Å². The van der Waals surface area contributed by atoms with Crippen molar-refractivity contribution in [2.75, 3.05) is 16.8 Å². The first-order chi connectivity index (χ1) is 14.5. The summed E-state index contributed by atoms with van der Waals surface area (Å²) in [5.41, 5.74) is 2.44. The molecule has 2 aromatic rings. The highest BCUT2D eigenvalue weighted by atomic mass is 19.1. The summed E-state index contributed by atoms with van der Waals surface area (Å²) in [6, 6.07) is 9.13. The number of carbonyl (C=O) groups excluding carboxylic acids is 2. The Balaban J connectivity index is 1.75. The minimum Gasteiger partial charge on any atom is -0.355 e. The van der Waals surface area contributed by atoms with Gasteiger partial charge in [0.15, 0.2) is 5.69 Å². The molecule has 2 aliphatic rings. The lowest BCUT2D eigenvalue weighted by atomic mass is 9.95. The first kappa shape index (κ1) is 19.6. The third kappa shape index (κ3) is 3.11. The molecule has 1 N–H and O–H groups in total. The molecule has 152 valence electrons. The molecule has 0 aromatic heterocycles. The number of benzene rings is 2. The molecule has 3 amide bonds. The van der Waals surface area contributed by atoms with Gasteiger partial charge in [0.1, 0.15) is 5.82 Å². The number of nitrogens with one attached hydrogen (secondary N) is 1. The van der Waals surface area contributed by atoms with Gasteiger partial charge < -0.3 is 5.32 Å². The van der Waals surface area contributed by atoms with Crippen molar-refractivity contribution in [2.45, 2.75) is 31.8 Å². The van der Waals surface area contributed by atoms with Crippen molar-refractivity contribution in [3.05, 3.63) is 76.9 Å². The Morgan fingerprint density at radius 2 is 1.70 bits per heavy atom. The Hall–Kier alpha value is -3.66. The monoisotopic (exact) mass is 404 g/mol. The smallest absolute Gasteiger partial charge is 0.329 e. The summed E-state index contributed by atoms with van der Waals surface area (Å²) in [6.45, 7) is 9.09. The maximum Gasteiger partial charge on any atom is 0.329 e. The van der Waals surface area contributed by atoms with Gasteiger partial charge in [0.25, 0.3) is 5.91 Å². The van der Waals surface area contributed by atoms with Crippen molar-refractivity contribution in [3.63, 3.8) is 0 Å². The van der Waals surface area contributed by atoms with E-state index in [0.717, 1.165) is 11.3 Å². The third-order valence-electron chi connectivity index (χ3n) is 5.72. The fraction of sp³-hybridized carbons (Fsp3) is 0.261. The molecule has 0 bridgehead atoms. The maximum atomic E-state index is 14.6. The second-order valence-corrected chi connectivity index (χ2v) is 7.43. The zero-order valence-corrected chi connectivity index (χ0v) is 16.7. The normalized spacial score (nSPS) is 20.1. The Morgan fingerprint density at radius 1 is 1.10 bits per heavy atom. The van der Waals surface area contributed by atoms with E-state index in [9.17, 15) is 14.0 Å². The second-order valence-electron chi connectivity index (χ2n) is 7.43. The molecule has 0 unspecified atom stereocenters. The fourth-order valence-electron chi connectivity index (χ4n) is 4.23. The lowest BCUT2D eigenvalue weighted by molar-refractivity contribution is 0.0959. The molecule has 6 nitrogen and oxygen atoms in total. The molecule has 0 saturated carbocycles. The zero-order chi connectivity index (χ0) is 21.4. The number of nitrogens with zero attached hydrogens (tertiary/aromatic N) is 3. The predicted octanol–water partition coefficient (Wildman–Crippen LogP) is 4.58. The highest BCUT2D eigenvalue weighted by Gasteiger charge is 2.47. The van der Waals surface area contributed by atoms with Crippen molar-refractivity contribution in [1.82, 2.24) is 5.32 Å². The molecule has 1 fully saturated rings. The van der Waals surface area contributed by atoms with E-state index < -0.39 is 11.7 Å². The summed E-state index contributed by atoms with van der Waals surface area (Å²) >= 11 is 0. The molecule has 2 atom stereocenters. The molecule has 30 heavy (non-hydrogen) atoms. The summed E-state index contributed by atoms with van der Waals surface area (Å²) in [5.74, 6) is -1.18. The van der Waals surface area contributed by atoms with Gasteiger partial charge in [0.2, 0.25) is 0 Å². The molecule has 0 radical (unpaired) electrons. The molecule has 1 aliphatic carbocycles. The molecule has 0 spiro atoms. The largest absolute Gasteiger partial charge is 0.355 e. The lowest BCUT2D eigenvalue weighted by Crippen LogP contribution is -2.38. The van der Waals surface area contributed by atoms with Crippen LogP contribution in [0.25, 0.3) is 4.85 Å². The van der Waals surface area contributed by atoms with Gasteiger partial charge in [0.05, 0.1) is 24.2 Å². The van der Waals surface area contributed by atoms with E-state index in [-0.39, 0.29) is 23.7 Å². The van der Waals surface area contributed by atoms with E-state index in [1.165, 1.54) is 19.2 Å². The highest BCUT2D eigenvalue weighted by molar-refractivity contribution is 6.08. The number of carbonyl (C=O) groups is 2. The van der Waals surface area contributed by atoms with Crippen LogP contribution < -0.4 is 15.1 Å². The molecular formula is C23H21FN4O2. The van der Waals surface area contributed by atoms with Gasteiger partial charge in [-0.2, -0.15) is 0 Å². The van der Waals surface area contributed by atoms with Crippen LogP contribution in [-0.2, 0) is 0 Å². The first-order valence-electron chi connectivity index (χ1n) is 9.73. The summed E-state index contributed by atoms with van der Waals surface area (Å²) in [6.07, 6.45) is 5.44. The van der Waals surface area contributed by atoms with E-state index in [1.807, 2.05) is 19.1 Å². The van der Waals surface area contributed by atoms with E-state index in [1.54, 1.807) is 28.0 Å². The quantitative estimate of drug-likeness (QED) is 0.601. The average molecular weight is 404 g/mol. The van der Waals surface area contributed by atoms with Crippen LogP contribution in [0, 0.1) is 19.3 Å². The van der Waals surface area contributed by atoms with Gasteiger partial charge in [0, 0.05) is 18.4 Å². The van der Waals surface area contributed by atoms with Gasteiger partial charge in [-0.1, -0.05) is 18.2 Å². The lowest BCUT2D eigenvalue weighted by Gasteiger charge is -2.29. The molecule has 2 aromatic carbocycles. The predicted molar refractivity (Wildman–Crippen MR) is 114 cm³/mol. The summed E-state index contributed by atoms with van der Waals surface area (Å²) in [4.78, 5) is 32.1. The number of halogens is 1. The van der Waals surface area contributed by atoms with Crippen LogP contribution in [0.4, 0.5) is 26.2 Å².